The van der Waals surface area contributed by atoms with Crippen LogP contribution in [0.15, 0.2) is 34.3 Å². The number of carboxylic acid groups (broad SMARTS) is 1. The first-order valence-electron chi connectivity index (χ1n) is 5.00. The molecule has 0 spiro atoms. The largest absolute Gasteiger partial charge is 0.495 e. The summed E-state index contributed by atoms with van der Waals surface area (Å²) in [5, 5.41) is 11.7. The highest BCUT2D eigenvalue weighted by atomic mass is 79.9. The monoisotopic (exact) mass is 299 g/mol. The Morgan fingerprint density at radius 1 is 1.59 bits per heavy atom. The summed E-state index contributed by atoms with van der Waals surface area (Å²) in [6.07, 6.45) is 1.18. The smallest absolute Gasteiger partial charge is 0.328 e. The van der Waals surface area contributed by atoms with Crippen molar-refractivity contribution in [3.05, 3.63) is 34.3 Å². The Bertz CT molecular complexity index is 443. The third-order valence-corrected chi connectivity index (χ3v) is 2.75. The van der Waals surface area contributed by atoms with Gasteiger partial charge in [-0.1, -0.05) is 0 Å². The number of halogens is 1. The molecule has 1 aromatic rings. The van der Waals surface area contributed by atoms with Gasteiger partial charge in [0.25, 0.3) is 0 Å². The number of anilines is 1. The summed E-state index contributed by atoms with van der Waals surface area (Å²) >= 11 is 3.36. The summed E-state index contributed by atoms with van der Waals surface area (Å²) in [4.78, 5) is 10.4. The zero-order chi connectivity index (χ0) is 12.8. The number of hydrogen-bond donors (Lipinski definition) is 2. The summed E-state index contributed by atoms with van der Waals surface area (Å²) < 4.78 is 6.04. The van der Waals surface area contributed by atoms with E-state index in [-0.39, 0.29) is 0 Å². The minimum atomic E-state index is -0.933. The van der Waals surface area contributed by atoms with Crippen LogP contribution in [-0.4, -0.2) is 24.7 Å². The van der Waals surface area contributed by atoms with Crippen LogP contribution in [0.1, 0.15) is 6.92 Å². The number of ether oxygens (including phenoxy) is 1. The number of methoxy groups -OCH3 is 1. The lowest BCUT2D eigenvalue weighted by atomic mass is 10.2. The number of carboxylic acids is 1. The third kappa shape index (κ3) is 4.48. The third-order valence-electron chi connectivity index (χ3n) is 2.09. The first-order valence-corrected chi connectivity index (χ1v) is 5.79. The highest BCUT2D eigenvalue weighted by Gasteiger charge is 2.01. The van der Waals surface area contributed by atoms with E-state index < -0.39 is 5.97 Å². The van der Waals surface area contributed by atoms with Gasteiger partial charge < -0.3 is 15.2 Å². The van der Waals surface area contributed by atoms with Gasteiger partial charge in [-0.3, -0.25) is 0 Å². The Labute approximate surface area is 108 Å². The summed E-state index contributed by atoms with van der Waals surface area (Å²) in [5.41, 5.74) is 1.63. The van der Waals surface area contributed by atoms with E-state index in [0.29, 0.717) is 6.54 Å². The van der Waals surface area contributed by atoms with Crippen LogP contribution in [0.4, 0.5) is 5.69 Å². The molecule has 1 rings (SSSR count). The van der Waals surface area contributed by atoms with Gasteiger partial charge in [-0.25, -0.2) is 4.79 Å². The molecule has 0 saturated heterocycles. The maximum Gasteiger partial charge on any atom is 0.328 e. The summed E-state index contributed by atoms with van der Waals surface area (Å²) in [6.45, 7) is 2.24. The fraction of sp³-hybridized carbons (Fsp3) is 0.250. The lowest BCUT2D eigenvalue weighted by molar-refractivity contribution is -0.131. The lowest BCUT2D eigenvalue weighted by Crippen LogP contribution is -2.04. The number of carbonyl (C=O) groups is 1. The number of nitrogens with one attached hydrogen (secondary N) is 1. The Balaban J connectivity index is 2.67. The molecule has 0 heterocycles. The molecule has 0 amide bonds. The van der Waals surface area contributed by atoms with Crippen molar-refractivity contribution in [2.45, 2.75) is 6.92 Å². The van der Waals surface area contributed by atoms with Crippen molar-refractivity contribution in [1.82, 2.24) is 0 Å². The first-order chi connectivity index (χ1) is 8.02. The first kappa shape index (κ1) is 13.6. The normalized spacial score (nSPS) is 11.1. The van der Waals surface area contributed by atoms with Gasteiger partial charge in [-0.2, -0.15) is 0 Å². The van der Waals surface area contributed by atoms with E-state index >= 15 is 0 Å². The van der Waals surface area contributed by atoms with E-state index in [4.69, 9.17) is 9.84 Å². The van der Waals surface area contributed by atoms with Gasteiger partial charge in [-0.15, -0.1) is 0 Å². The highest BCUT2D eigenvalue weighted by Crippen LogP contribution is 2.27. The molecule has 0 unspecified atom stereocenters. The molecule has 0 fully saturated rings. The van der Waals surface area contributed by atoms with Crippen LogP contribution >= 0.6 is 15.9 Å². The number of hydrogen-bond acceptors (Lipinski definition) is 3. The van der Waals surface area contributed by atoms with Crippen LogP contribution in [0.5, 0.6) is 5.75 Å². The minimum Gasteiger partial charge on any atom is -0.495 e. The van der Waals surface area contributed by atoms with Crippen LogP contribution in [0, 0.1) is 0 Å². The van der Waals surface area contributed by atoms with E-state index in [2.05, 4.69) is 21.2 Å². The van der Waals surface area contributed by atoms with Gasteiger partial charge >= 0.3 is 5.97 Å². The fourth-order valence-corrected chi connectivity index (χ4v) is 1.68. The molecule has 1 aromatic carbocycles. The van der Waals surface area contributed by atoms with Crippen molar-refractivity contribution in [2.75, 3.05) is 19.0 Å². The van der Waals surface area contributed by atoms with Crippen LogP contribution in [-0.2, 0) is 4.79 Å². The molecule has 0 aliphatic carbocycles. The molecular formula is C12H14BrNO3. The standard InChI is InChI=1S/C12H14BrNO3/c1-8(5-12(15)16)7-14-9-3-4-10(13)11(6-9)17-2/h3-6,14H,7H2,1-2H3,(H,15,16)/b8-5+. The van der Waals surface area contributed by atoms with E-state index in [9.17, 15) is 4.79 Å². The van der Waals surface area contributed by atoms with Gasteiger partial charge in [0.15, 0.2) is 0 Å². The maximum atomic E-state index is 10.4. The van der Waals surface area contributed by atoms with E-state index in [1.807, 2.05) is 18.2 Å². The van der Waals surface area contributed by atoms with E-state index in [1.54, 1.807) is 14.0 Å². The average molecular weight is 300 g/mol. The number of benzene rings is 1. The molecule has 92 valence electrons. The summed E-state index contributed by atoms with van der Waals surface area (Å²) in [7, 11) is 1.60. The van der Waals surface area contributed by atoms with Crippen LogP contribution < -0.4 is 10.1 Å². The maximum absolute atomic E-state index is 10.4. The van der Waals surface area contributed by atoms with Crippen molar-refractivity contribution >= 4 is 27.6 Å². The summed E-state index contributed by atoms with van der Waals surface area (Å²) in [6, 6.07) is 5.61. The second-order valence-corrected chi connectivity index (χ2v) is 4.39. The minimum absolute atomic E-state index is 0.483. The fourth-order valence-electron chi connectivity index (χ4n) is 1.27. The highest BCUT2D eigenvalue weighted by molar-refractivity contribution is 9.10. The Morgan fingerprint density at radius 3 is 2.88 bits per heavy atom. The van der Waals surface area contributed by atoms with Crippen LogP contribution in [0.2, 0.25) is 0 Å². The molecule has 0 aromatic heterocycles. The quantitative estimate of drug-likeness (QED) is 0.821. The Kier molecular flexibility index (Phi) is 5.03. The van der Waals surface area contributed by atoms with Gasteiger partial charge in [-0.05, 0) is 40.6 Å². The molecule has 0 bridgehead atoms. The number of aliphatic carboxylic acids is 1. The van der Waals surface area contributed by atoms with E-state index in [1.165, 1.54) is 6.08 Å². The lowest BCUT2D eigenvalue weighted by Gasteiger charge is -2.09. The molecule has 0 aliphatic rings. The van der Waals surface area contributed by atoms with Gasteiger partial charge in [0.05, 0.1) is 11.6 Å². The summed E-state index contributed by atoms with van der Waals surface area (Å²) in [5.74, 6) is -0.201. The van der Waals surface area contributed by atoms with Crippen molar-refractivity contribution < 1.29 is 14.6 Å². The molecule has 0 saturated carbocycles. The van der Waals surface area contributed by atoms with Gasteiger partial charge in [0, 0.05) is 24.4 Å². The SMILES string of the molecule is COc1cc(NC/C(C)=C/C(=O)O)ccc1Br. The molecule has 0 atom stereocenters. The molecular weight excluding hydrogens is 286 g/mol. The molecule has 2 N–H and O–H groups in total. The van der Waals surface area contributed by atoms with Gasteiger partial charge in [0.2, 0.25) is 0 Å². The molecule has 0 aliphatic heterocycles. The predicted molar refractivity (Wildman–Crippen MR) is 70.6 cm³/mol. The van der Waals surface area contributed by atoms with Crippen LogP contribution in [0.3, 0.4) is 0 Å². The molecule has 4 nitrogen and oxygen atoms in total. The second kappa shape index (κ2) is 6.30. The van der Waals surface area contributed by atoms with Crippen molar-refractivity contribution in [1.29, 1.82) is 0 Å². The Morgan fingerprint density at radius 2 is 2.29 bits per heavy atom. The Hall–Kier alpha value is -1.49. The van der Waals surface area contributed by atoms with Crippen molar-refractivity contribution in [3.8, 4) is 5.75 Å². The second-order valence-electron chi connectivity index (χ2n) is 3.53. The molecule has 5 heteroatoms. The number of rotatable bonds is 5. The van der Waals surface area contributed by atoms with Crippen molar-refractivity contribution in [3.63, 3.8) is 0 Å². The van der Waals surface area contributed by atoms with Crippen molar-refractivity contribution in [2.24, 2.45) is 0 Å². The average Bonchev–Trinajstić information content (AvgIpc) is 2.27. The molecule has 17 heavy (non-hydrogen) atoms. The van der Waals surface area contributed by atoms with Gasteiger partial charge in [0.1, 0.15) is 5.75 Å². The zero-order valence-corrected chi connectivity index (χ0v) is 11.2. The van der Waals surface area contributed by atoms with E-state index in [0.717, 1.165) is 21.5 Å². The zero-order valence-electron chi connectivity index (χ0n) is 9.66. The molecule has 0 radical (unpaired) electrons. The topological polar surface area (TPSA) is 58.6 Å². The predicted octanol–water partition coefficient (Wildman–Crippen LogP) is 2.90. The van der Waals surface area contributed by atoms with Crippen LogP contribution in [0.25, 0.3) is 0 Å².